The third-order valence-corrected chi connectivity index (χ3v) is 2.83. The molecule has 0 aromatic carbocycles. The van der Waals surface area contributed by atoms with E-state index in [-0.39, 0.29) is 5.54 Å². The maximum absolute atomic E-state index is 10.2. The molecule has 0 saturated heterocycles. The molecule has 0 aromatic heterocycles. The van der Waals surface area contributed by atoms with Gasteiger partial charge in [0, 0.05) is 5.54 Å². The molecule has 0 bridgehead atoms. The minimum atomic E-state index is -0.623. The molecule has 1 aliphatic carbocycles. The fraction of sp³-hybridized carbons (Fsp3) is 0.917. The first-order valence-electron chi connectivity index (χ1n) is 6.11. The number of nitrogens with zero attached hydrogens (tertiary/aromatic N) is 1. The van der Waals surface area contributed by atoms with Gasteiger partial charge in [0.25, 0.3) is 0 Å². The molecule has 0 amide bonds. The minimum absolute atomic E-state index is 0.0806. The van der Waals surface area contributed by atoms with E-state index in [0.29, 0.717) is 12.5 Å². The van der Waals surface area contributed by atoms with Crippen LogP contribution in [0.2, 0.25) is 0 Å². The first kappa shape index (κ1) is 13.3. The van der Waals surface area contributed by atoms with Crippen molar-refractivity contribution in [2.45, 2.75) is 64.0 Å². The zero-order valence-electron chi connectivity index (χ0n) is 10.7. The van der Waals surface area contributed by atoms with Crippen molar-refractivity contribution in [3.63, 3.8) is 0 Å². The average Bonchev–Trinajstić information content (AvgIpc) is 2.14. The summed E-state index contributed by atoms with van der Waals surface area (Å²) in [7, 11) is 0. The quantitative estimate of drug-likeness (QED) is 0.493. The van der Waals surface area contributed by atoms with Gasteiger partial charge >= 0.3 is 0 Å². The van der Waals surface area contributed by atoms with Crippen LogP contribution < -0.4 is 11.1 Å². The molecule has 0 radical (unpaired) electrons. The lowest BCUT2D eigenvalue weighted by atomic mass is 9.85. The Balaban J connectivity index is 2.44. The van der Waals surface area contributed by atoms with Crippen LogP contribution in [0, 0.1) is 0 Å². The van der Waals surface area contributed by atoms with Crippen molar-refractivity contribution < 1.29 is 5.11 Å². The van der Waals surface area contributed by atoms with Gasteiger partial charge in [0.15, 0.2) is 5.96 Å². The molecule has 0 spiro atoms. The lowest BCUT2D eigenvalue weighted by Crippen LogP contribution is -2.46. The van der Waals surface area contributed by atoms with E-state index >= 15 is 0 Å². The van der Waals surface area contributed by atoms with Crippen LogP contribution in [0.15, 0.2) is 4.99 Å². The van der Waals surface area contributed by atoms with E-state index in [1.165, 1.54) is 6.42 Å². The molecule has 1 aliphatic rings. The topological polar surface area (TPSA) is 70.6 Å². The normalized spacial score (nSPS) is 21.9. The predicted molar refractivity (Wildman–Crippen MR) is 67.4 cm³/mol. The molecule has 0 unspecified atom stereocenters. The number of rotatable bonds is 2. The van der Waals surface area contributed by atoms with Gasteiger partial charge in [-0.15, -0.1) is 0 Å². The molecule has 0 aliphatic heterocycles. The van der Waals surface area contributed by atoms with E-state index in [1.807, 2.05) is 20.8 Å². The summed E-state index contributed by atoms with van der Waals surface area (Å²) in [6, 6.07) is 0. The van der Waals surface area contributed by atoms with Gasteiger partial charge in [-0.05, 0) is 33.6 Å². The number of aliphatic imine (C=N–C) groups is 1. The first-order valence-corrected chi connectivity index (χ1v) is 6.11. The molecular formula is C12H25N3O. The minimum Gasteiger partial charge on any atom is -0.388 e. The molecule has 1 saturated carbocycles. The highest BCUT2D eigenvalue weighted by molar-refractivity contribution is 5.78. The van der Waals surface area contributed by atoms with Gasteiger partial charge in [0.2, 0.25) is 0 Å². The summed E-state index contributed by atoms with van der Waals surface area (Å²) >= 11 is 0. The third kappa shape index (κ3) is 4.84. The molecular weight excluding hydrogens is 202 g/mol. The average molecular weight is 227 g/mol. The maximum atomic E-state index is 10.2. The number of guanidine groups is 1. The van der Waals surface area contributed by atoms with Crippen LogP contribution in [0.5, 0.6) is 0 Å². The van der Waals surface area contributed by atoms with Gasteiger partial charge in [0.1, 0.15) is 0 Å². The number of nitrogens with one attached hydrogen (secondary N) is 1. The fourth-order valence-electron chi connectivity index (χ4n) is 2.02. The second-order valence-corrected chi connectivity index (χ2v) is 5.86. The van der Waals surface area contributed by atoms with Gasteiger partial charge in [-0.25, -0.2) is 0 Å². The Kier molecular flexibility index (Phi) is 4.19. The smallest absolute Gasteiger partial charge is 0.189 e. The summed E-state index contributed by atoms with van der Waals surface area (Å²) < 4.78 is 0. The first-order chi connectivity index (χ1) is 7.31. The van der Waals surface area contributed by atoms with Gasteiger partial charge < -0.3 is 16.2 Å². The van der Waals surface area contributed by atoms with Gasteiger partial charge in [0.05, 0.1) is 12.1 Å². The Morgan fingerprint density at radius 2 is 1.88 bits per heavy atom. The van der Waals surface area contributed by atoms with Gasteiger partial charge in [-0.3, -0.25) is 4.99 Å². The highest BCUT2D eigenvalue weighted by Crippen LogP contribution is 2.28. The SMILES string of the molecule is CC(C)(C)NC(N)=NCC1(O)CCCCC1. The Bertz CT molecular complexity index is 249. The summed E-state index contributed by atoms with van der Waals surface area (Å²) in [6.45, 7) is 6.52. The van der Waals surface area contributed by atoms with Crippen LogP contribution in [0.25, 0.3) is 0 Å². The Hall–Kier alpha value is -0.770. The molecule has 4 nitrogen and oxygen atoms in total. The van der Waals surface area contributed by atoms with E-state index in [9.17, 15) is 5.11 Å². The highest BCUT2D eigenvalue weighted by atomic mass is 16.3. The van der Waals surface area contributed by atoms with Crippen LogP contribution in [-0.4, -0.2) is 28.8 Å². The van der Waals surface area contributed by atoms with Gasteiger partial charge in [-0.2, -0.15) is 0 Å². The molecule has 0 aromatic rings. The zero-order chi connectivity index (χ0) is 12.2. The van der Waals surface area contributed by atoms with Crippen molar-refractivity contribution in [2.24, 2.45) is 10.7 Å². The van der Waals surface area contributed by atoms with Crippen molar-refractivity contribution >= 4 is 5.96 Å². The van der Waals surface area contributed by atoms with Crippen molar-refractivity contribution in [1.82, 2.24) is 5.32 Å². The van der Waals surface area contributed by atoms with E-state index in [1.54, 1.807) is 0 Å². The van der Waals surface area contributed by atoms with E-state index in [4.69, 9.17) is 5.73 Å². The molecule has 1 fully saturated rings. The summed E-state index contributed by atoms with van der Waals surface area (Å²) in [6.07, 6.45) is 5.11. The highest BCUT2D eigenvalue weighted by Gasteiger charge is 2.28. The second-order valence-electron chi connectivity index (χ2n) is 5.86. The summed E-state index contributed by atoms with van der Waals surface area (Å²) in [5.41, 5.74) is 5.06. The maximum Gasteiger partial charge on any atom is 0.189 e. The van der Waals surface area contributed by atoms with Crippen LogP contribution >= 0.6 is 0 Å². The van der Waals surface area contributed by atoms with Crippen molar-refractivity contribution in [2.75, 3.05) is 6.54 Å². The van der Waals surface area contributed by atoms with Crippen molar-refractivity contribution in [3.8, 4) is 0 Å². The lowest BCUT2D eigenvalue weighted by Gasteiger charge is -2.30. The Labute approximate surface area is 98.3 Å². The van der Waals surface area contributed by atoms with Crippen LogP contribution in [0.1, 0.15) is 52.9 Å². The molecule has 94 valence electrons. The Morgan fingerprint density at radius 3 is 2.38 bits per heavy atom. The molecule has 16 heavy (non-hydrogen) atoms. The molecule has 1 rings (SSSR count). The van der Waals surface area contributed by atoms with Crippen LogP contribution in [0.3, 0.4) is 0 Å². The summed E-state index contributed by atoms with van der Waals surface area (Å²) in [4.78, 5) is 4.24. The monoisotopic (exact) mass is 227 g/mol. The standard InChI is InChI=1S/C12H25N3O/c1-11(2,3)15-10(13)14-9-12(16)7-5-4-6-8-12/h16H,4-9H2,1-3H3,(H3,13,14,15). The van der Waals surface area contributed by atoms with E-state index < -0.39 is 5.60 Å². The third-order valence-electron chi connectivity index (χ3n) is 2.83. The Morgan fingerprint density at radius 1 is 1.31 bits per heavy atom. The molecule has 0 heterocycles. The molecule has 4 N–H and O–H groups in total. The zero-order valence-corrected chi connectivity index (χ0v) is 10.7. The lowest BCUT2D eigenvalue weighted by molar-refractivity contribution is 0.0131. The van der Waals surface area contributed by atoms with Gasteiger partial charge in [-0.1, -0.05) is 19.3 Å². The van der Waals surface area contributed by atoms with E-state index in [2.05, 4.69) is 10.3 Å². The summed E-state index contributed by atoms with van der Waals surface area (Å²) in [5, 5.41) is 13.3. The number of hydrogen-bond donors (Lipinski definition) is 3. The number of nitrogens with two attached hydrogens (primary N) is 1. The summed E-state index contributed by atoms with van der Waals surface area (Å²) in [5.74, 6) is 0.423. The predicted octanol–water partition coefficient (Wildman–Crippen LogP) is 1.38. The fourth-order valence-corrected chi connectivity index (χ4v) is 2.02. The van der Waals surface area contributed by atoms with Crippen LogP contribution in [0.4, 0.5) is 0 Å². The van der Waals surface area contributed by atoms with Crippen LogP contribution in [-0.2, 0) is 0 Å². The number of aliphatic hydroxyl groups is 1. The van der Waals surface area contributed by atoms with E-state index in [0.717, 1.165) is 25.7 Å². The molecule has 4 heteroatoms. The number of hydrogen-bond acceptors (Lipinski definition) is 2. The molecule has 0 atom stereocenters. The van der Waals surface area contributed by atoms with Crippen molar-refractivity contribution in [3.05, 3.63) is 0 Å². The second kappa shape index (κ2) is 5.04. The largest absolute Gasteiger partial charge is 0.388 e. The van der Waals surface area contributed by atoms with Crippen molar-refractivity contribution in [1.29, 1.82) is 0 Å².